The SMILES string of the molecule is C=C(NC(C)=C(C)C)C(C)(C)C. The maximum atomic E-state index is 4.00. The Morgan fingerprint density at radius 1 is 1.08 bits per heavy atom. The van der Waals surface area contributed by atoms with Gasteiger partial charge in [0.25, 0.3) is 0 Å². The maximum Gasteiger partial charge on any atom is 0.0130 e. The van der Waals surface area contributed by atoms with E-state index in [1.165, 1.54) is 11.3 Å². The smallest absolute Gasteiger partial charge is 0.0130 e. The quantitative estimate of drug-likeness (QED) is 0.664. The molecule has 0 aliphatic carbocycles. The van der Waals surface area contributed by atoms with Crippen LogP contribution in [0.1, 0.15) is 41.5 Å². The molecule has 0 atom stereocenters. The molecule has 0 aromatic carbocycles. The van der Waals surface area contributed by atoms with E-state index in [0.717, 1.165) is 5.70 Å². The Morgan fingerprint density at radius 2 is 1.50 bits per heavy atom. The van der Waals surface area contributed by atoms with Crippen LogP contribution in [0.25, 0.3) is 0 Å². The lowest BCUT2D eigenvalue weighted by Crippen LogP contribution is -2.22. The molecule has 0 rings (SSSR count). The first kappa shape index (κ1) is 11.3. The third-order valence-electron chi connectivity index (χ3n) is 1.99. The predicted octanol–water partition coefficient (Wildman–Crippen LogP) is 3.45. The summed E-state index contributed by atoms with van der Waals surface area (Å²) >= 11 is 0. The molecule has 0 amide bonds. The lowest BCUT2D eigenvalue weighted by Gasteiger charge is -2.24. The van der Waals surface area contributed by atoms with Crippen LogP contribution in [0.15, 0.2) is 23.5 Å². The Kier molecular flexibility index (Phi) is 3.56. The van der Waals surface area contributed by atoms with Gasteiger partial charge in [-0.05, 0) is 20.8 Å². The van der Waals surface area contributed by atoms with Gasteiger partial charge in [-0.1, -0.05) is 32.9 Å². The van der Waals surface area contributed by atoms with Crippen molar-refractivity contribution in [2.24, 2.45) is 5.41 Å². The van der Waals surface area contributed by atoms with E-state index in [-0.39, 0.29) is 5.41 Å². The summed E-state index contributed by atoms with van der Waals surface area (Å²) in [6.45, 7) is 16.7. The van der Waals surface area contributed by atoms with E-state index in [9.17, 15) is 0 Å². The normalized spacial score (nSPS) is 10.8. The largest absolute Gasteiger partial charge is 0.363 e. The summed E-state index contributed by atoms with van der Waals surface area (Å²) in [4.78, 5) is 0. The second kappa shape index (κ2) is 3.79. The Bertz CT molecular complexity index is 200. The van der Waals surface area contributed by atoms with Crippen molar-refractivity contribution >= 4 is 0 Å². The van der Waals surface area contributed by atoms with Gasteiger partial charge in [0, 0.05) is 16.8 Å². The standard InChI is InChI=1S/C11H21N/c1-8(2)9(3)12-10(4)11(5,6)7/h12H,4H2,1-3,5-7H3. The number of rotatable bonds is 2. The van der Waals surface area contributed by atoms with Crippen LogP contribution in [0.2, 0.25) is 0 Å². The Morgan fingerprint density at radius 3 is 1.75 bits per heavy atom. The highest BCUT2D eigenvalue weighted by molar-refractivity contribution is 5.14. The van der Waals surface area contributed by atoms with Crippen molar-refractivity contribution in [3.05, 3.63) is 23.5 Å². The highest BCUT2D eigenvalue weighted by Crippen LogP contribution is 2.22. The van der Waals surface area contributed by atoms with E-state index in [1.54, 1.807) is 0 Å². The zero-order chi connectivity index (χ0) is 9.94. The van der Waals surface area contributed by atoms with Gasteiger partial charge in [-0.15, -0.1) is 0 Å². The topological polar surface area (TPSA) is 12.0 Å². The lowest BCUT2D eigenvalue weighted by atomic mass is 9.92. The van der Waals surface area contributed by atoms with Crippen LogP contribution in [0.4, 0.5) is 0 Å². The minimum atomic E-state index is 0.136. The van der Waals surface area contributed by atoms with Crippen LogP contribution in [0, 0.1) is 5.41 Å². The molecule has 0 saturated heterocycles. The molecule has 0 fully saturated rings. The van der Waals surface area contributed by atoms with Crippen molar-refractivity contribution in [3.63, 3.8) is 0 Å². The molecule has 12 heavy (non-hydrogen) atoms. The second-order valence-corrected chi connectivity index (χ2v) is 4.48. The van der Waals surface area contributed by atoms with Crippen molar-refractivity contribution in [2.75, 3.05) is 0 Å². The van der Waals surface area contributed by atoms with Gasteiger partial charge in [-0.2, -0.15) is 0 Å². The number of nitrogens with one attached hydrogen (secondary N) is 1. The average Bonchev–Trinajstić information content (AvgIpc) is 1.85. The molecule has 1 nitrogen and oxygen atoms in total. The zero-order valence-corrected chi connectivity index (χ0v) is 9.21. The van der Waals surface area contributed by atoms with Crippen LogP contribution in [0.3, 0.4) is 0 Å². The van der Waals surface area contributed by atoms with Gasteiger partial charge < -0.3 is 5.32 Å². The highest BCUT2D eigenvalue weighted by Gasteiger charge is 2.14. The first-order chi connectivity index (χ1) is 5.25. The number of hydrogen-bond donors (Lipinski definition) is 1. The summed E-state index contributed by atoms with van der Waals surface area (Å²) < 4.78 is 0. The van der Waals surface area contributed by atoms with Gasteiger partial charge in [0.15, 0.2) is 0 Å². The van der Waals surface area contributed by atoms with Crippen molar-refractivity contribution in [1.82, 2.24) is 5.32 Å². The minimum absolute atomic E-state index is 0.136. The van der Waals surface area contributed by atoms with Crippen molar-refractivity contribution < 1.29 is 0 Å². The third-order valence-corrected chi connectivity index (χ3v) is 1.99. The van der Waals surface area contributed by atoms with Gasteiger partial charge in [0.2, 0.25) is 0 Å². The fraction of sp³-hybridized carbons (Fsp3) is 0.636. The maximum absolute atomic E-state index is 4.00. The second-order valence-electron chi connectivity index (χ2n) is 4.48. The lowest BCUT2D eigenvalue weighted by molar-refractivity contribution is 0.476. The summed E-state index contributed by atoms with van der Waals surface area (Å²) in [7, 11) is 0. The molecule has 0 bridgehead atoms. The fourth-order valence-electron chi connectivity index (χ4n) is 0.539. The summed E-state index contributed by atoms with van der Waals surface area (Å²) in [5.41, 5.74) is 3.72. The summed E-state index contributed by atoms with van der Waals surface area (Å²) in [6, 6.07) is 0. The van der Waals surface area contributed by atoms with Crippen LogP contribution in [-0.2, 0) is 0 Å². The molecule has 1 heteroatoms. The zero-order valence-electron chi connectivity index (χ0n) is 9.21. The molecule has 70 valence electrons. The monoisotopic (exact) mass is 167 g/mol. The number of allylic oxidation sites excluding steroid dienone is 3. The third kappa shape index (κ3) is 3.61. The van der Waals surface area contributed by atoms with Gasteiger partial charge in [-0.3, -0.25) is 0 Å². The molecular weight excluding hydrogens is 146 g/mol. The molecule has 0 spiro atoms. The molecule has 0 aliphatic heterocycles. The molecule has 0 aliphatic rings. The fourth-order valence-corrected chi connectivity index (χ4v) is 0.539. The molecule has 1 N–H and O–H groups in total. The van der Waals surface area contributed by atoms with E-state index in [0.29, 0.717) is 0 Å². The van der Waals surface area contributed by atoms with Crippen LogP contribution in [0.5, 0.6) is 0 Å². The molecule has 0 radical (unpaired) electrons. The van der Waals surface area contributed by atoms with E-state index in [4.69, 9.17) is 0 Å². The average molecular weight is 167 g/mol. The van der Waals surface area contributed by atoms with E-state index in [2.05, 4.69) is 53.4 Å². The van der Waals surface area contributed by atoms with Gasteiger partial charge in [0.1, 0.15) is 0 Å². The molecule has 0 heterocycles. The first-order valence-corrected chi connectivity index (χ1v) is 4.35. The Labute approximate surface area is 76.6 Å². The van der Waals surface area contributed by atoms with Crippen molar-refractivity contribution in [2.45, 2.75) is 41.5 Å². The Hall–Kier alpha value is -0.720. The molecular formula is C11H21N. The summed E-state index contributed by atoms with van der Waals surface area (Å²) in [5.74, 6) is 0. The summed E-state index contributed by atoms with van der Waals surface area (Å²) in [6.07, 6.45) is 0. The predicted molar refractivity (Wildman–Crippen MR) is 55.8 cm³/mol. The van der Waals surface area contributed by atoms with E-state index in [1.807, 2.05) is 0 Å². The molecule has 0 unspecified atom stereocenters. The minimum Gasteiger partial charge on any atom is -0.363 e. The van der Waals surface area contributed by atoms with Crippen LogP contribution in [-0.4, -0.2) is 0 Å². The molecule has 0 aromatic rings. The molecule has 0 saturated carbocycles. The van der Waals surface area contributed by atoms with Gasteiger partial charge in [-0.25, -0.2) is 0 Å². The van der Waals surface area contributed by atoms with Gasteiger partial charge >= 0.3 is 0 Å². The van der Waals surface area contributed by atoms with E-state index < -0.39 is 0 Å². The van der Waals surface area contributed by atoms with Gasteiger partial charge in [0.05, 0.1) is 0 Å². The van der Waals surface area contributed by atoms with Crippen molar-refractivity contribution in [3.8, 4) is 0 Å². The number of hydrogen-bond acceptors (Lipinski definition) is 1. The van der Waals surface area contributed by atoms with Crippen molar-refractivity contribution in [1.29, 1.82) is 0 Å². The van der Waals surface area contributed by atoms with E-state index >= 15 is 0 Å². The van der Waals surface area contributed by atoms with Crippen LogP contribution < -0.4 is 5.32 Å². The molecule has 0 aromatic heterocycles. The highest BCUT2D eigenvalue weighted by atomic mass is 14.9. The Balaban J connectivity index is 4.32. The summed E-state index contributed by atoms with van der Waals surface area (Å²) in [5, 5.41) is 3.30. The first-order valence-electron chi connectivity index (χ1n) is 4.35. The van der Waals surface area contributed by atoms with Crippen LogP contribution >= 0.6 is 0 Å².